The van der Waals surface area contributed by atoms with E-state index in [-0.39, 0.29) is 5.75 Å². The van der Waals surface area contributed by atoms with E-state index in [1.807, 2.05) is 36.4 Å². The lowest BCUT2D eigenvalue weighted by Gasteiger charge is -2.01. The van der Waals surface area contributed by atoms with Gasteiger partial charge in [0.1, 0.15) is 0 Å². The van der Waals surface area contributed by atoms with Crippen LogP contribution in [0.2, 0.25) is 5.02 Å². The summed E-state index contributed by atoms with van der Waals surface area (Å²) >= 11 is 5.79. The molecule has 0 aromatic heterocycles. The van der Waals surface area contributed by atoms with Crippen LogP contribution in [0.4, 0.5) is 0 Å². The van der Waals surface area contributed by atoms with Crippen molar-refractivity contribution in [2.24, 2.45) is 0 Å². The number of rotatable bonds is 2. The van der Waals surface area contributed by atoms with E-state index in [1.165, 1.54) is 5.56 Å². The van der Waals surface area contributed by atoms with Gasteiger partial charge in [-0.1, -0.05) is 35.9 Å². The van der Waals surface area contributed by atoms with Crippen LogP contribution in [0.3, 0.4) is 0 Å². The molecule has 0 spiro atoms. The lowest BCUT2D eigenvalue weighted by atomic mass is 10.1. The lowest BCUT2D eigenvalue weighted by Crippen LogP contribution is -1.86. The van der Waals surface area contributed by atoms with Crippen LogP contribution in [-0.2, 0) is 11.5 Å². The minimum Gasteiger partial charge on any atom is -0.290 e. The molecule has 0 atom stereocenters. The van der Waals surface area contributed by atoms with Crippen molar-refractivity contribution in [3.63, 3.8) is 0 Å². The lowest BCUT2D eigenvalue weighted by molar-refractivity contribution is 0.355. The highest BCUT2D eigenvalue weighted by Crippen LogP contribution is 2.16. The van der Waals surface area contributed by atoms with E-state index in [2.05, 4.69) is 0 Å². The van der Waals surface area contributed by atoms with E-state index in [9.17, 15) is 5.11 Å². The summed E-state index contributed by atoms with van der Waals surface area (Å²) in [5, 5.41) is 11.6. The van der Waals surface area contributed by atoms with Gasteiger partial charge in [-0.25, -0.2) is 0 Å². The zero-order valence-corrected chi connectivity index (χ0v) is 8.87. The van der Waals surface area contributed by atoms with Crippen molar-refractivity contribution in [2.75, 3.05) is 0 Å². The molecule has 2 aromatic carbocycles. The van der Waals surface area contributed by atoms with Gasteiger partial charge in [-0.15, -0.1) is 0 Å². The third-order valence-corrected chi connectivity index (χ3v) is 2.50. The number of hydrogen-bond acceptors (Lipinski definition) is 0. The second-order valence-corrected chi connectivity index (χ2v) is 3.88. The topological polar surface area (TPSA) is 19.9 Å². The van der Waals surface area contributed by atoms with Crippen LogP contribution in [0, 0.1) is 0 Å². The molecule has 0 aliphatic heterocycles. The van der Waals surface area contributed by atoms with Crippen LogP contribution in [0.5, 0.6) is 5.75 Å². The van der Waals surface area contributed by atoms with E-state index in [0.29, 0.717) is 0 Å². The molecule has 1 nitrogen and oxygen atoms in total. The van der Waals surface area contributed by atoms with E-state index < -0.39 is 0 Å². The minimum absolute atomic E-state index is 0.0508. The van der Waals surface area contributed by atoms with Gasteiger partial charge in [0.25, 0.3) is 0 Å². The molecule has 0 saturated carbocycles. The van der Waals surface area contributed by atoms with Crippen molar-refractivity contribution in [3.05, 3.63) is 64.7 Å². The third-order valence-electron chi connectivity index (χ3n) is 2.24. The van der Waals surface area contributed by atoms with Crippen LogP contribution in [0.15, 0.2) is 48.5 Å². The van der Waals surface area contributed by atoms with Gasteiger partial charge in [0.2, 0.25) is 0 Å². The fraction of sp³-hybridized carbons (Fsp3) is 0.0769. The number of halogens is 1. The summed E-state index contributed by atoms with van der Waals surface area (Å²) in [6.45, 7) is 0. The van der Waals surface area contributed by atoms with Crippen molar-refractivity contribution >= 4 is 11.6 Å². The molecule has 0 aliphatic rings. The quantitative estimate of drug-likeness (QED) is 0.723. The maximum atomic E-state index is 10.9. The molecule has 0 bridgehead atoms. The fourth-order valence-electron chi connectivity index (χ4n) is 1.45. The zero-order chi connectivity index (χ0) is 10.7. The molecule has 0 heterocycles. The van der Waals surface area contributed by atoms with Crippen LogP contribution in [0.1, 0.15) is 11.1 Å². The van der Waals surface area contributed by atoms with Gasteiger partial charge in [0, 0.05) is 5.02 Å². The molecule has 0 fully saturated rings. The van der Waals surface area contributed by atoms with Crippen molar-refractivity contribution in [2.45, 2.75) is 6.42 Å². The molecule has 75 valence electrons. The van der Waals surface area contributed by atoms with Crippen LogP contribution >= 0.6 is 11.6 Å². The molecule has 15 heavy (non-hydrogen) atoms. The van der Waals surface area contributed by atoms with Gasteiger partial charge in [0.15, 0.2) is 5.75 Å². The molecular weight excluding hydrogens is 208 g/mol. The normalized spacial score (nSPS) is 10.2. The predicted molar refractivity (Wildman–Crippen MR) is 60.8 cm³/mol. The summed E-state index contributed by atoms with van der Waals surface area (Å²) in [6, 6.07) is 14.6. The standard InChI is InChI=1S/C13H10ClO/c14-12-5-1-10(2-6-12)9-11-3-7-13(15)8-4-11/h1-8H,9H2. The molecule has 0 saturated heterocycles. The average molecular weight is 218 g/mol. The third kappa shape index (κ3) is 2.74. The Hall–Kier alpha value is -1.47. The second-order valence-electron chi connectivity index (χ2n) is 3.45. The maximum absolute atomic E-state index is 10.9. The predicted octanol–water partition coefficient (Wildman–Crippen LogP) is 4.07. The van der Waals surface area contributed by atoms with Crippen LogP contribution < -0.4 is 0 Å². The molecule has 2 aromatic rings. The first-order valence-corrected chi connectivity index (χ1v) is 5.12. The first-order valence-electron chi connectivity index (χ1n) is 4.74. The fourth-order valence-corrected chi connectivity index (χ4v) is 1.57. The van der Waals surface area contributed by atoms with Gasteiger partial charge < -0.3 is 0 Å². The van der Waals surface area contributed by atoms with Gasteiger partial charge in [-0.3, -0.25) is 5.11 Å². The van der Waals surface area contributed by atoms with E-state index >= 15 is 0 Å². The Morgan fingerprint density at radius 3 is 1.80 bits per heavy atom. The zero-order valence-electron chi connectivity index (χ0n) is 8.11. The Labute approximate surface area is 94.0 Å². The molecule has 1 radical (unpaired) electrons. The van der Waals surface area contributed by atoms with Gasteiger partial charge in [0.05, 0.1) is 0 Å². The highest BCUT2D eigenvalue weighted by Gasteiger charge is 1.97. The van der Waals surface area contributed by atoms with Crippen LogP contribution in [-0.4, -0.2) is 0 Å². The van der Waals surface area contributed by atoms with E-state index in [1.54, 1.807) is 12.1 Å². The Balaban J connectivity index is 2.15. The van der Waals surface area contributed by atoms with E-state index in [0.717, 1.165) is 17.0 Å². The van der Waals surface area contributed by atoms with Crippen molar-refractivity contribution in [1.29, 1.82) is 0 Å². The first-order chi connectivity index (χ1) is 7.24. The van der Waals surface area contributed by atoms with E-state index in [4.69, 9.17) is 11.6 Å². The maximum Gasteiger partial charge on any atom is 0.178 e. The Morgan fingerprint density at radius 2 is 1.27 bits per heavy atom. The molecule has 0 aliphatic carbocycles. The van der Waals surface area contributed by atoms with Crippen molar-refractivity contribution < 1.29 is 5.11 Å². The molecule has 0 N–H and O–H groups in total. The number of hydrogen-bond donors (Lipinski definition) is 0. The minimum atomic E-state index is 0.0508. The average Bonchev–Trinajstić information content (AvgIpc) is 2.25. The smallest absolute Gasteiger partial charge is 0.178 e. The summed E-state index contributed by atoms with van der Waals surface area (Å²) in [6.07, 6.45) is 0.831. The van der Waals surface area contributed by atoms with Gasteiger partial charge in [-0.05, 0) is 41.8 Å². The first kappa shape index (κ1) is 10.1. The highest BCUT2D eigenvalue weighted by molar-refractivity contribution is 6.30. The van der Waals surface area contributed by atoms with Gasteiger partial charge >= 0.3 is 0 Å². The van der Waals surface area contributed by atoms with Crippen LogP contribution in [0.25, 0.3) is 0 Å². The summed E-state index contributed by atoms with van der Waals surface area (Å²) in [5.74, 6) is 0.0508. The number of benzene rings is 2. The van der Waals surface area contributed by atoms with Crippen molar-refractivity contribution in [3.8, 4) is 5.75 Å². The summed E-state index contributed by atoms with van der Waals surface area (Å²) in [7, 11) is 0. The largest absolute Gasteiger partial charge is 0.290 e. The highest BCUT2D eigenvalue weighted by atomic mass is 35.5. The molecule has 0 amide bonds. The Morgan fingerprint density at radius 1 is 0.800 bits per heavy atom. The Bertz CT molecular complexity index is 388. The monoisotopic (exact) mass is 217 g/mol. The molecular formula is C13H10ClO. The Kier molecular flexibility index (Phi) is 2.93. The molecule has 2 heteroatoms. The molecule has 2 rings (SSSR count). The summed E-state index contributed by atoms with van der Waals surface area (Å²) in [5.41, 5.74) is 2.33. The molecule has 0 unspecified atom stereocenters. The SMILES string of the molecule is [O]c1ccc(Cc2ccc(Cl)cc2)cc1. The van der Waals surface area contributed by atoms with Gasteiger partial charge in [-0.2, -0.15) is 0 Å². The second kappa shape index (κ2) is 4.37. The summed E-state index contributed by atoms with van der Waals surface area (Å²) in [4.78, 5) is 0. The van der Waals surface area contributed by atoms with Crippen molar-refractivity contribution in [1.82, 2.24) is 0 Å². The summed E-state index contributed by atoms with van der Waals surface area (Å²) < 4.78 is 0.